The highest BCUT2D eigenvalue weighted by molar-refractivity contribution is 6.36. The Labute approximate surface area is 129 Å². The molecule has 3 aliphatic rings. The van der Waals surface area contributed by atoms with Crippen LogP contribution in [0.3, 0.4) is 0 Å². The van der Waals surface area contributed by atoms with Gasteiger partial charge in [0, 0.05) is 40.9 Å². The van der Waals surface area contributed by atoms with E-state index in [1.807, 2.05) is 12.3 Å². The Morgan fingerprint density at radius 1 is 1.14 bits per heavy atom. The summed E-state index contributed by atoms with van der Waals surface area (Å²) in [5.74, 6) is 0.520. The van der Waals surface area contributed by atoms with E-state index in [4.69, 9.17) is 4.99 Å². The zero-order chi connectivity index (χ0) is 14.5. The lowest BCUT2D eigenvalue weighted by molar-refractivity contribution is 0.647. The number of benzene rings is 1. The average Bonchev–Trinajstić information content (AvgIpc) is 2.78. The van der Waals surface area contributed by atoms with Crippen LogP contribution in [-0.2, 0) is 0 Å². The van der Waals surface area contributed by atoms with Gasteiger partial charge in [-0.05, 0) is 43.2 Å². The van der Waals surface area contributed by atoms with E-state index in [9.17, 15) is 0 Å². The molecule has 1 aliphatic carbocycles. The fourth-order valence-corrected chi connectivity index (χ4v) is 3.84. The molecule has 2 aliphatic heterocycles. The number of rotatable bonds is 0. The quantitative estimate of drug-likeness (QED) is 0.795. The lowest BCUT2D eigenvalue weighted by Crippen LogP contribution is -2.23. The number of aromatic nitrogens is 1. The number of pyridine rings is 1. The van der Waals surface area contributed by atoms with Crippen molar-refractivity contribution in [3.05, 3.63) is 53.9 Å². The predicted octanol–water partition coefficient (Wildman–Crippen LogP) is 3.99. The van der Waals surface area contributed by atoms with Gasteiger partial charge >= 0.3 is 0 Å². The number of nitrogens with zero attached hydrogens (tertiary/aromatic N) is 2. The highest BCUT2D eigenvalue weighted by Crippen LogP contribution is 2.44. The van der Waals surface area contributed by atoms with Crippen molar-refractivity contribution >= 4 is 27.9 Å². The van der Waals surface area contributed by atoms with Crippen molar-refractivity contribution in [2.45, 2.75) is 19.3 Å². The summed E-state index contributed by atoms with van der Waals surface area (Å²) in [5.41, 5.74) is 7.15. The SMILES string of the molecule is C1=CC2CCCCNC2=C2C1=Nc1c2ccc2ncccc12. The Bertz CT molecular complexity index is 873. The molecule has 3 heterocycles. The average molecular weight is 287 g/mol. The molecule has 0 radical (unpaired) electrons. The molecule has 1 aromatic heterocycles. The summed E-state index contributed by atoms with van der Waals surface area (Å²) in [5, 5.41) is 4.82. The molecule has 1 N–H and O–H groups in total. The maximum absolute atomic E-state index is 4.92. The molecule has 108 valence electrons. The number of nitrogens with one attached hydrogen (secondary N) is 1. The molecule has 2 aromatic rings. The van der Waals surface area contributed by atoms with Gasteiger partial charge in [-0.2, -0.15) is 0 Å². The highest BCUT2D eigenvalue weighted by Gasteiger charge is 2.30. The Morgan fingerprint density at radius 3 is 3.14 bits per heavy atom. The zero-order valence-corrected chi connectivity index (χ0v) is 12.3. The molecule has 1 fully saturated rings. The van der Waals surface area contributed by atoms with E-state index >= 15 is 0 Å². The van der Waals surface area contributed by atoms with Gasteiger partial charge in [0.05, 0.1) is 16.9 Å². The first-order valence-electron chi connectivity index (χ1n) is 8.05. The lowest BCUT2D eigenvalue weighted by Gasteiger charge is -2.22. The second-order valence-corrected chi connectivity index (χ2v) is 6.21. The molecule has 1 atom stereocenters. The van der Waals surface area contributed by atoms with Crippen molar-refractivity contribution in [1.29, 1.82) is 0 Å². The van der Waals surface area contributed by atoms with E-state index in [1.54, 1.807) is 0 Å². The van der Waals surface area contributed by atoms with Crippen LogP contribution < -0.4 is 5.32 Å². The predicted molar refractivity (Wildman–Crippen MR) is 90.2 cm³/mol. The first kappa shape index (κ1) is 12.2. The second-order valence-electron chi connectivity index (χ2n) is 6.21. The molecular formula is C19H17N3. The zero-order valence-electron chi connectivity index (χ0n) is 12.3. The van der Waals surface area contributed by atoms with Crippen molar-refractivity contribution in [2.24, 2.45) is 10.9 Å². The van der Waals surface area contributed by atoms with Gasteiger partial charge in [0.1, 0.15) is 0 Å². The van der Waals surface area contributed by atoms with Crippen LogP contribution in [0.1, 0.15) is 24.8 Å². The van der Waals surface area contributed by atoms with Crippen LogP contribution in [0.15, 0.2) is 53.3 Å². The van der Waals surface area contributed by atoms with Gasteiger partial charge in [-0.1, -0.05) is 12.5 Å². The fourth-order valence-electron chi connectivity index (χ4n) is 3.84. The van der Waals surface area contributed by atoms with Gasteiger partial charge in [0.2, 0.25) is 0 Å². The molecular weight excluding hydrogens is 270 g/mol. The third-order valence-electron chi connectivity index (χ3n) is 4.90. The van der Waals surface area contributed by atoms with Crippen molar-refractivity contribution in [3.8, 4) is 0 Å². The van der Waals surface area contributed by atoms with Gasteiger partial charge in [0.25, 0.3) is 0 Å². The molecule has 1 unspecified atom stereocenters. The second kappa shape index (κ2) is 4.54. The summed E-state index contributed by atoms with van der Waals surface area (Å²) in [6, 6.07) is 8.41. The van der Waals surface area contributed by atoms with E-state index < -0.39 is 0 Å². The molecule has 3 heteroatoms. The summed E-state index contributed by atoms with van der Waals surface area (Å²) in [6.45, 7) is 1.07. The van der Waals surface area contributed by atoms with Gasteiger partial charge in [-0.25, -0.2) is 4.99 Å². The third-order valence-corrected chi connectivity index (χ3v) is 4.90. The first-order valence-corrected chi connectivity index (χ1v) is 8.05. The first-order chi connectivity index (χ1) is 10.9. The smallest absolute Gasteiger partial charge is 0.0811 e. The Balaban J connectivity index is 1.79. The Kier molecular flexibility index (Phi) is 2.51. The van der Waals surface area contributed by atoms with Crippen LogP contribution in [0.2, 0.25) is 0 Å². The third kappa shape index (κ3) is 1.62. The lowest BCUT2D eigenvalue weighted by atomic mass is 9.86. The normalized spacial score (nSPS) is 22.5. The maximum Gasteiger partial charge on any atom is 0.0811 e. The van der Waals surface area contributed by atoms with Crippen LogP contribution in [0.25, 0.3) is 16.5 Å². The van der Waals surface area contributed by atoms with E-state index in [0.717, 1.165) is 28.8 Å². The molecule has 1 aromatic carbocycles. The summed E-state index contributed by atoms with van der Waals surface area (Å²) in [4.78, 5) is 9.37. The van der Waals surface area contributed by atoms with E-state index in [2.05, 4.69) is 40.7 Å². The summed E-state index contributed by atoms with van der Waals surface area (Å²) < 4.78 is 0. The van der Waals surface area contributed by atoms with Crippen LogP contribution in [-0.4, -0.2) is 17.2 Å². The molecule has 1 saturated heterocycles. The standard InChI is InChI=1S/C19H17N3/c1-2-10-21-18-12(4-1)6-8-16-17(18)14-7-9-15-13(19(14)22-16)5-3-11-20-15/h3,5-9,11-12,21H,1-2,4,10H2. The Hall–Kier alpha value is -2.42. The molecule has 3 nitrogen and oxygen atoms in total. The Morgan fingerprint density at radius 2 is 2.14 bits per heavy atom. The van der Waals surface area contributed by atoms with Crippen LogP contribution in [0.5, 0.6) is 0 Å². The largest absolute Gasteiger partial charge is 0.387 e. The van der Waals surface area contributed by atoms with Crippen molar-refractivity contribution < 1.29 is 0 Å². The number of aliphatic imine (C=N–C) groups is 1. The monoisotopic (exact) mass is 287 g/mol. The highest BCUT2D eigenvalue weighted by atomic mass is 14.9. The number of hydrogen-bond acceptors (Lipinski definition) is 3. The topological polar surface area (TPSA) is 37.3 Å². The number of hydrogen-bond donors (Lipinski definition) is 1. The van der Waals surface area contributed by atoms with Crippen molar-refractivity contribution in [1.82, 2.24) is 10.3 Å². The number of fused-ring (bicyclic) bond motifs is 6. The van der Waals surface area contributed by atoms with Crippen LogP contribution >= 0.6 is 0 Å². The minimum atomic E-state index is 0.520. The molecule has 0 amide bonds. The van der Waals surface area contributed by atoms with Crippen LogP contribution in [0, 0.1) is 5.92 Å². The molecule has 0 saturated carbocycles. The van der Waals surface area contributed by atoms with E-state index in [0.29, 0.717) is 5.92 Å². The van der Waals surface area contributed by atoms with Gasteiger partial charge in [0.15, 0.2) is 0 Å². The molecule has 22 heavy (non-hydrogen) atoms. The maximum atomic E-state index is 4.92. The summed E-state index contributed by atoms with van der Waals surface area (Å²) >= 11 is 0. The van der Waals surface area contributed by atoms with Crippen molar-refractivity contribution in [3.63, 3.8) is 0 Å². The van der Waals surface area contributed by atoms with E-state index in [1.165, 1.54) is 36.1 Å². The van der Waals surface area contributed by atoms with Gasteiger partial charge in [-0.3, -0.25) is 4.98 Å². The molecule has 0 bridgehead atoms. The number of allylic oxidation sites excluding steroid dienone is 3. The summed E-state index contributed by atoms with van der Waals surface area (Å²) in [6.07, 6.45) is 10.2. The minimum absolute atomic E-state index is 0.520. The van der Waals surface area contributed by atoms with Crippen LogP contribution in [0.4, 0.5) is 5.69 Å². The molecule has 0 spiro atoms. The van der Waals surface area contributed by atoms with Gasteiger partial charge < -0.3 is 5.32 Å². The molecule has 5 rings (SSSR count). The van der Waals surface area contributed by atoms with E-state index in [-0.39, 0.29) is 0 Å². The van der Waals surface area contributed by atoms with Gasteiger partial charge in [-0.15, -0.1) is 0 Å². The minimum Gasteiger partial charge on any atom is -0.387 e. The fraction of sp³-hybridized carbons (Fsp3) is 0.263. The summed E-state index contributed by atoms with van der Waals surface area (Å²) in [7, 11) is 0. The van der Waals surface area contributed by atoms with Crippen molar-refractivity contribution in [2.75, 3.05) is 6.54 Å².